The van der Waals surface area contributed by atoms with Crippen molar-refractivity contribution in [1.82, 2.24) is 9.78 Å². The third-order valence-electron chi connectivity index (χ3n) is 2.24. The Morgan fingerprint density at radius 2 is 2.13 bits per heavy atom. The summed E-state index contributed by atoms with van der Waals surface area (Å²) in [4.78, 5) is 0. The van der Waals surface area contributed by atoms with E-state index in [1.165, 1.54) is 0 Å². The van der Waals surface area contributed by atoms with Crippen molar-refractivity contribution in [2.24, 2.45) is 7.05 Å². The maximum Gasteiger partial charge on any atom is 0.0682 e. The summed E-state index contributed by atoms with van der Waals surface area (Å²) in [5.41, 5.74) is 9.19. The minimum atomic E-state index is -0.00168. The van der Waals surface area contributed by atoms with Crippen LogP contribution in [-0.4, -0.2) is 14.9 Å². The summed E-state index contributed by atoms with van der Waals surface area (Å²) >= 11 is 0. The van der Waals surface area contributed by atoms with Crippen LogP contribution in [-0.2, 0) is 13.7 Å². The molecule has 2 rings (SSSR count). The first-order valence-electron chi connectivity index (χ1n) is 4.68. The molecule has 3 N–H and O–H groups in total. The van der Waals surface area contributed by atoms with E-state index in [1.54, 1.807) is 16.9 Å². The molecule has 0 fully saturated rings. The molecule has 0 aliphatic rings. The molecule has 0 saturated heterocycles. The summed E-state index contributed by atoms with van der Waals surface area (Å²) in [6.45, 7) is -0.00168. The van der Waals surface area contributed by atoms with Gasteiger partial charge in [0.25, 0.3) is 0 Å². The average molecular weight is 203 g/mol. The summed E-state index contributed by atoms with van der Waals surface area (Å²) in [6.07, 6.45) is 3.69. The second kappa shape index (κ2) is 3.74. The second-order valence-electron chi connectivity index (χ2n) is 3.52. The summed E-state index contributed by atoms with van der Waals surface area (Å²) in [5.74, 6) is 0. The Bertz CT molecular complexity index is 476. The molecule has 0 unspecified atom stereocenters. The number of hydrogen-bond acceptors (Lipinski definition) is 3. The number of hydrogen-bond donors (Lipinski definition) is 2. The minimum absolute atomic E-state index is 0.00168. The Morgan fingerprint density at radius 3 is 2.73 bits per heavy atom. The number of aliphatic hydroxyl groups excluding tert-OH is 1. The first-order valence-corrected chi connectivity index (χ1v) is 4.68. The molecule has 0 bridgehead atoms. The van der Waals surface area contributed by atoms with E-state index in [1.807, 2.05) is 25.4 Å². The number of benzene rings is 1. The van der Waals surface area contributed by atoms with Crippen molar-refractivity contribution in [2.45, 2.75) is 6.61 Å². The van der Waals surface area contributed by atoms with Crippen LogP contribution in [0.1, 0.15) is 5.56 Å². The highest BCUT2D eigenvalue weighted by Gasteiger charge is 2.03. The van der Waals surface area contributed by atoms with Crippen molar-refractivity contribution >= 4 is 5.69 Å². The van der Waals surface area contributed by atoms with E-state index in [-0.39, 0.29) is 6.61 Å². The Balaban J connectivity index is 2.48. The smallest absolute Gasteiger partial charge is 0.0682 e. The highest BCUT2D eigenvalue weighted by atomic mass is 16.3. The zero-order valence-corrected chi connectivity index (χ0v) is 8.51. The second-order valence-corrected chi connectivity index (χ2v) is 3.52. The van der Waals surface area contributed by atoms with Crippen molar-refractivity contribution < 1.29 is 5.11 Å². The Hall–Kier alpha value is -1.81. The highest BCUT2D eigenvalue weighted by molar-refractivity contribution is 5.67. The van der Waals surface area contributed by atoms with Crippen molar-refractivity contribution in [3.05, 3.63) is 36.2 Å². The van der Waals surface area contributed by atoms with Crippen LogP contribution in [0, 0.1) is 0 Å². The first-order chi connectivity index (χ1) is 7.19. The fourth-order valence-electron chi connectivity index (χ4n) is 1.55. The van der Waals surface area contributed by atoms with Crippen LogP contribution in [0.4, 0.5) is 5.69 Å². The number of aryl methyl sites for hydroxylation is 1. The summed E-state index contributed by atoms with van der Waals surface area (Å²) < 4.78 is 1.73. The normalized spacial score (nSPS) is 10.5. The van der Waals surface area contributed by atoms with Gasteiger partial charge in [0.1, 0.15) is 0 Å². The number of nitrogens with two attached hydrogens (primary N) is 1. The first kappa shape index (κ1) is 9.73. The molecular formula is C11H13N3O. The third kappa shape index (κ3) is 1.99. The Kier molecular flexibility index (Phi) is 2.43. The van der Waals surface area contributed by atoms with Gasteiger partial charge in [-0.25, -0.2) is 0 Å². The molecule has 0 atom stereocenters. The highest BCUT2D eigenvalue weighted by Crippen LogP contribution is 2.22. The summed E-state index contributed by atoms with van der Waals surface area (Å²) in [5, 5.41) is 13.2. The zero-order valence-electron chi connectivity index (χ0n) is 8.51. The molecule has 2 aromatic rings. The summed E-state index contributed by atoms with van der Waals surface area (Å²) in [6, 6.07) is 5.55. The van der Waals surface area contributed by atoms with Crippen LogP contribution in [0.3, 0.4) is 0 Å². The predicted molar refractivity (Wildman–Crippen MR) is 59.0 cm³/mol. The van der Waals surface area contributed by atoms with E-state index < -0.39 is 0 Å². The monoisotopic (exact) mass is 203 g/mol. The predicted octanol–water partition coefficient (Wildman–Crippen LogP) is 1.16. The number of aliphatic hydroxyl groups is 1. The van der Waals surface area contributed by atoms with Crippen molar-refractivity contribution in [3.8, 4) is 11.1 Å². The Morgan fingerprint density at radius 1 is 1.33 bits per heavy atom. The lowest BCUT2D eigenvalue weighted by molar-refractivity contribution is 0.282. The molecule has 0 spiro atoms. The van der Waals surface area contributed by atoms with Gasteiger partial charge in [-0.1, -0.05) is 0 Å². The van der Waals surface area contributed by atoms with Crippen LogP contribution in [0.2, 0.25) is 0 Å². The molecule has 0 aliphatic carbocycles. The lowest BCUT2D eigenvalue weighted by Gasteiger charge is -2.03. The molecule has 4 nitrogen and oxygen atoms in total. The molecule has 0 radical (unpaired) electrons. The molecule has 4 heteroatoms. The molecule has 1 heterocycles. The number of nitrogen functional groups attached to an aromatic ring is 1. The van der Waals surface area contributed by atoms with Gasteiger partial charge in [0.2, 0.25) is 0 Å². The van der Waals surface area contributed by atoms with Crippen LogP contribution in [0.25, 0.3) is 11.1 Å². The van der Waals surface area contributed by atoms with E-state index in [0.29, 0.717) is 5.69 Å². The molecule has 15 heavy (non-hydrogen) atoms. The number of rotatable bonds is 2. The molecule has 1 aromatic carbocycles. The van der Waals surface area contributed by atoms with Crippen LogP contribution >= 0.6 is 0 Å². The van der Waals surface area contributed by atoms with Crippen LogP contribution in [0.15, 0.2) is 30.6 Å². The average Bonchev–Trinajstić information content (AvgIpc) is 2.64. The van der Waals surface area contributed by atoms with Gasteiger partial charge in [-0.05, 0) is 29.3 Å². The maximum absolute atomic E-state index is 9.06. The SMILES string of the molecule is Cn1cc(-c2cc(N)cc(CO)c2)cn1. The fraction of sp³-hybridized carbons (Fsp3) is 0.182. The minimum Gasteiger partial charge on any atom is -0.399 e. The van der Waals surface area contributed by atoms with Gasteiger partial charge in [0, 0.05) is 24.5 Å². The van der Waals surface area contributed by atoms with Gasteiger partial charge in [0.05, 0.1) is 12.8 Å². The van der Waals surface area contributed by atoms with Crippen LogP contribution < -0.4 is 5.73 Å². The van der Waals surface area contributed by atoms with Gasteiger partial charge in [-0.15, -0.1) is 0 Å². The lowest BCUT2D eigenvalue weighted by Crippen LogP contribution is -1.90. The van der Waals surface area contributed by atoms with Gasteiger partial charge < -0.3 is 10.8 Å². The Labute approximate surface area is 88.0 Å². The zero-order chi connectivity index (χ0) is 10.8. The molecular weight excluding hydrogens is 190 g/mol. The third-order valence-corrected chi connectivity index (χ3v) is 2.24. The molecule has 1 aromatic heterocycles. The molecule has 78 valence electrons. The number of anilines is 1. The van der Waals surface area contributed by atoms with E-state index in [0.717, 1.165) is 16.7 Å². The summed E-state index contributed by atoms with van der Waals surface area (Å²) in [7, 11) is 1.86. The lowest BCUT2D eigenvalue weighted by atomic mass is 10.1. The number of nitrogens with zero attached hydrogens (tertiary/aromatic N) is 2. The van der Waals surface area contributed by atoms with Gasteiger partial charge in [0.15, 0.2) is 0 Å². The van der Waals surface area contributed by atoms with Crippen molar-refractivity contribution in [1.29, 1.82) is 0 Å². The molecule has 0 amide bonds. The largest absolute Gasteiger partial charge is 0.399 e. The van der Waals surface area contributed by atoms with Gasteiger partial charge in [-0.3, -0.25) is 4.68 Å². The molecule has 0 aliphatic heterocycles. The van der Waals surface area contributed by atoms with Crippen LogP contribution in [0.5, 0.6) is 0 Å². The van der Waals surface area contributed by atoms with Gasteiger partial charge in [-0.2, -0.15) is 5.10 Å². The quantitative estimate of drug-likeness (QED) is 0.720. The standard InChI is InChI=1S/C11H13N3O/c1-14-6-10(5-13-14)9-2-8(7-15)3-11(12)4-9/h2-6,15H,7,12H2,1H3. The molecule has 0 saturated carbocycles. The van der Waals surface area contributed by atoms with E-state index in [9.17, 15) is 0 Å². The van der Waals surface area contributed by atoms with E-state index in [4.69, 9.17) is 10.8 Å². The van der Waals surface area contributed by atoms with E-state index >= 15 is 0 Å². The van der Waals surface area contributed by atoms with Gasteiger partial charge >= 0.3 is 0 Å². The van der Waals surface area contributed by atoms with E-state index in [2.05, 4.69) is 5.10 Å². The van der Waals surface area contributed by atoms with Crippen molar-refractivity contribution in [2.75, 3.05) is 5.73 Å². The van der Waals surface area contributed by atoms with Crippen molar-refractivity contribution in [3.63, 3.8) is 0 Å². The topological polar surface area (TPSA) is 64.1 Å². The maximum atomic E-state index is 9.06. The number of aromatic nitrogens is 2. The fourth-order valence-corrected chi connectivity index (χ4v) is 1.55.